The molecule has 3 fully saturated rings. The van der Waals surface area contributed by atoms with E-state index in [1.165, 1.54) is 5.57 Å². The fourth-order valence-electron chi connectivity index (χ4n) is 6.95. The highest BCUT2D eigenvalue weighted by atomic mass is 16.3. The summed E-state index contributed by atoms with van der Waals surface area (Å²) in [4.78, 5) is 24.0. The average molecular weight is 328 g/mol. The summed E-state index contributed by atoms with van der Waals surface area (Å²) in [7, 11) is 0. The van der Waals surface area contributed by atoms with E-state index in [1.807, 2.05) is 6.08 Å². The Morgan fingerprint density at radius 2 is 1.92 bits per heavy atom. The Morgan fingerprint density at radius 1 is 1.17 bits per heavy atom. The quantitative estimate of drug-likeness (QED) is 0.777. The third-order valence-corrected chi connectivity index (χ3v) is 8.13. The van der Waals surface area contributed by atoms with Crippen LogP contribution >= 0.6 is 0 Å². The number of hydrogen-bond donors (Lipinski definition) is 1. The van der Waals surface area contributed by atoms with E-state index in [4.69, 9.17) is 0 Å². The molecule has 3 nitrogen and oxygen atoms in total. The normalized spacial score (nSPS) is 47.2. The smallest absolute Gasteiger partial charge is 0.219 e. The van der Waals surface area contributed by atoms with E-state index in [0.29, 0.717) is 23.5 Å². The van der Waals surface area contributed by atoms with E-state index in [1.54, 1.807) is 13.0 Å². The molecule has 0 spiro atoms. The van der Waals surface area contributed by atoms with Crippen LogP contribution in [0.4, 0.5) is 0 Å². The predicted octanol–water partition coefficient (Wildman–Crippen LogP) is 4.39. The first-order chi connectivity index (χ1) is 11.3. The van der Waals surface area contributed by atoms with Crippen LogP contribution in [0.2, 0.25) is 0 Å². The molecule has 130 valence electrons. The van der Waals surface area contributed by atoms with Crippen LogP contribution in [0, 0.1) is 34.5 Å². The number of carbonyl (C=O) groups is 2. The first kappa shape index (κ1) is 16.1. The second-order valence-corrected chi connectivity index (χ2v) is 9.05. The fourth-order valence-corrected chi connectivity index (χ4v) is 6.95. The zero-order valence-corrected chi connectivity index (χ0v) is 15.0. The molecule has 0 aromatic heterocycles. The second kappa shape index (κ2) is 5.06. The SMILES string of the molecule is CC(=O)[C@H]1CC[C@H]2[C@@H]3CCC4=CC(=O)C(O)=C[C@]4(C)[C@H]3CC[C@]12C. The lowest BCUT2D eigenvalue weighted by Gasteiger charge is -2.56. The van der Waals surface area contributed by atoms with Crippen LogP contribution in [0.5, 0.6) is 0 Å². The van der Waals surface area contributed by atoms with Gasteiger partial charge in [0.2, 0.25) is 5.78 Å². The van der Waals surface area contributed by atoms with Gasteiger partial charge in [-0.15, -0.1) is 0 Å². The molecule has 3 saturated carbocycles. The van der Waals surface area contributed by atoms with Gasteiger partial charge in [-0.05, 0) is 80.8 Å². The summed E-state index contributed by atoms with van der Waals surface area (Å²) >= 11 is 0. The number of ketones is 2. The van der Waals surface area contributed by atoms with Crippen LogP contribution < -0.4 is 0 Å². The molecule has 24 heavy (non-hydrogen) atoms. The molecule has 0 amide bonds. The van der Waals surface area contributed by atoms with Crippen molar-refractivity contribution in [2.24, 2.45) is 34.5 Å². The van der Waals surface area contributed by atoms with Crippen molar-refractivity contribution >= 4 is 11.6 Å². The minimum absolute atomic E-state index is 0.0803. The molecule has 0 aromatic carbocycles. The largest absolute Gasteiger partial charge is 0.504 e. The van der Waals surface area contributed by atoms with Crippen LogP contribution in [0.1, 0.15) is 59.3 Å². The third kappa shape index (κ3) is 1.96. The highest BCUT2D eigenvalue weighted by molar-refractivity contribution is 6.04. The number of fused-ring (bicyclic) bond motifs is 5. The summed E-state index contributed by atoms with van der Waals surface area (Å²) in [6.07, 6.45) is 9.98. The minimum atomic E-state index is -0.237. The van der Waals surface area contributed by atoms with Crippen LogP contribution in [0.25, 0.3) is 0 Å². The number of Topliss-reactive ketones (excluding diaryl/α,β-unsaturated/α-hetero) is 1. The molecular formula is C21H28O3. The standard InChI is InChI=1S/C21H28O3/c1-12(22)15-6-7-16-14-5-4-13-10-18(23)19(24)11-21(13,3)17(14)8-9-20(15,16)2/h10-11,14-17,24H,4-9H2,1-3H3/t14-,15+,16-,17-,20+,21-/m0/s1. The van der Waals surface area contributed by atoms with Crippen LogP contribution in [0.3, 0.4) is 0 Å². The number of hydrogen-bond acceptors (Lipinski definition) is 3. The zero-order chi connectivity index (χ0) is 17.3. The molecule has 0 aliphatic heterocycles. The van der Waals surface area contributed by atoms with Gasteiger partial charge in [-0.2, -0.15) is 0 Å². The van der Waals surface area contributed by atoms with Gasteiger partial charge in [-0.1, -0.05) is 19.4 Å². The fraction of sp³-hybridized carbons (Fsp3) is 0.714. The van der Waals surface area contributed by atoms with Gasteiger partial charge in [0.05, 0.1) is 0 Å². The Labute approximate surface area is 144 Å². The summed E-state index contributed by atoms with van der Waals surface area (Å²) in [5.74, 6) is 1.97. The molecule has 0 saturated heterocycles. The number of allylic oxidation sites excluding steroid dienone is 3. The maximum atomic E-state index is 12.1. The summed E-state index contributed by atoms with van der Waals surface area (Å²) in [6.45, 7) is 6.32. The van der Waals surface area contributed by atoms with Crippen molar-refractivity contribution in [1.29, 1.82) is 0 Å². The summed E-state index contributed by atoms with van der Waals surface area (Å²) < 4.78 is 0. The first-order valence-corrected chi connectivity index (χ1v) is 9.45. The van der Waals surface area contributed by atoms with E-state index >= 15 is 0 Å². The van der Waals surface area contributed by atoms with Gasteiger partial charge in [0.15, 0.2) is 5.76 Å². The van der Waals surface area contributed by atoms with Gasteiger partial charge < -0.3 is 5.11 Å². The Bertz CT molecular complexity index is 673. The minimum Gasteiger partial charge on any atom is -0.504 e. The lowest BCUT2D eigenvalue weighted by molar-refractivity contribution is -0.127. The lowest BCUT2D eigenvalue weighted by Crippen LogP contribution is -2.50. The number of aliphatic hydroxyl groups is 1. The zero-order valence-electron chi connectivity index (χ0n) is 15.0. The average Bonchev–Trinajstić information content (AvgIpc) is 2.86. The predicted molar refractivity (Wildman–Crippen MR) is 92.4 cm³/mol. The Hall–Kier alpha value is -1.38. The molecule has 3 heteroatoms. The number of aliphatic hydroxyl groups excluding tert-OH is 1. The van der Waals surface area contributed by atoms with Crippen molar-refractivity contribution in [2.75, 3.05) is 0 Å². The molecular weight excluding hydrogens is 300 g/mol. The highest BCUT2D eigenvalue weighted by Gasteiger charge is 2.59. The van der Waals surface area contributed by atoms with E-state index < -0.39 is 0 Å². The maximum absolute atomic E-state index is 12.1. The summed E-state index contributed by atoms with van der Waals surface area (Å²) in [5, 5.41) is 10.0. The van der Waals surface area contributed by atoms with E-state index in [9.17, 15) is 14.7 Å². The van der Waals surface area contributed by atoms with Crippen molar-refractivity contribution in [2.45, 2.75) is 59.3 Å². The van der Waals surface area contributed by atoms with Crippen LogP contribution in [-0.2, 0) is 9.59 Å². The van der Waals surface area contributed by atoms with Crippen molar-refractivity contribution in [3.63, 3.8) is 0 Å². The van der Waals surface area contributed by atoms with Crippen molar-refractivity contribution < 1.29 is 14.7 Å². The highest BCUT2D eigenvalue weighted by Crippen LogP contribution is 2.66. The van der Waals surface area contributed by atoms with E-state index in [2.05, 4.69) is 13.8 Å². The topological polar surface area (TPSA) is 54.4 Å². The number of rotatable bonds is 1. The molecule has 4 aliphatic rings. The monoisotopic (exact) mass is 328 g/mol. The summed E-state index contributed by atoms with van der Waals surface area (Å²) in [6, 6.07) is 0. The van der Waals surface area contributed by atoms with Crippen LogP contribution in [-0.4, -0.2) is 16.7 Å². The van der Waals surface area contributed by atoms with Gasteiger partial charge >= 0.3 is 0 Å². The van der Waals surface area contributed by atoms with Crippen molar-refractivity contribution in [3.05, 3.63) is 23.5 Å². The van der Waals surface area contributed by atoms with Crippen molar-refractivity contribution in [3.8, 4) is 0 Å². The Morgan fingerprint density at radius 3 is 2.62 bits per heavy atom. The van der Waals surface area contributed by atoms with Gasteiger partial charge in [-0.3, -0.25) is 9.59 Å². The summed E-state index contributed by atoms with van der Waals surface area (Å²) in [5.41, 5.74) is 1.17. The Balaban J connectivity index is 1.70. The molecule has 4 aliphatic carbocycles. The molecule has 1 N–H and O–H groups in total. The van der Waals surface area contributed by atoms with Gasteiger partial charge in [0.25, 0.3) is 0 Å². The number of carbonyl (C=O) groups excluding carboxylic acids is 2. The molecule has 4 rings (SSSR count). The van der Waals surface area contributed by atoms with E-state index in [-0.39, 0.29) is 28.3 Å². The molecule has 0 unspecified atom stereocenters. The Kier molecular flexibility index (Phi) is 3.40. The molecule has 0 bridgehead atoms. The van der Waals surface area contributed by atoms with E-state index in [0.717, 1.165) is 38.5 Å². The molecule has 0 radical (unpaired) electrons. The van der Waals surface area contributed by atoms with Crippen LogP contribution in [0.15, 0.2) is 23.5 Å². The van der Waals surface area contributed by atoms with Gasteiger partial charge in [-0.25, -0.2) is 0 Å². The lowest BCUT2D eigenvalue weighted by atomic mass is 9.47. The van der Waals surface area contributed by atoms with Crippen molar-refractivity contribution in [1.82, 2.24) is 0 Å². The molecule has 0 heterocycles. The van der Waals surface area contributed by atoms with Gasteiger partial charge in [0.1, 0.15) is 5.78 Å². The van der Waals surface area contributed by atoms with Gasteiger partial charge in [0, 0.05) is 11.3 Å². The second-order valence-electron chi connectivity index (χ2n) is 9.05. The third-order valence-electron chi connectivity index (χ3n) is 8.13. The maximum Gasteiger partial charge on any atom is 0.219 e. The molecule has 6 atom stereocenters. The molecule has 0 aromatic rings. The first-order valence-electron chi connectivity index (χ1n) is 9.45.